The number of nitrogens with zero attached hydrogens (tertiary/aromatic N) is 1. The Bertz CT molecular complexity index is 460. The van der Waals surface area contributed by atoms with E-state index in [0.29, 0.717) is 12.1 Å². The predicted molar refractivity (Wildman–Crippen MR) is 65.8 cm³/mol. The number of hydrogen-bond acceptors (Lipinski definition) is 4. The van der Waals surface area contributed by atoms with Gasteiger partial charge in [-0.25, -0.2) is 4.79 Å². The van der Waals surface area contributed by atoms with Crippen LogP contribution in [0.25, 0.3) is 0 Å². The molecule has 6 nitrogen and oxygen atoms in total. The van der Waals surface area contributed by atoms with Crippen molar-refractivity contribution in [3.63, 3.8) is 0 Å². The Balaban J connectivity index is 2.58. The Kier molecular flexibility index (Phi) is 5.01. The standard InChI is InChI=1S/C12H15N3O3/c1-2-3-10(13)11(16)15-7-9-6-8(12(17)18)4-5-14-9/h2,4-6,10H,1,3,7,13H2,(H,15,16)(H,17,18). The minimum atomic E-state index is -1.03. The first kappa shape index (κ1) is 13.9. The largest absolute Gasteiger partial charge is 0.478 e. The van der Waals surface area contributed by atoms with E-state index in [1.54, 1.807) is 6.08 Å². The van der Waals surface area contributed by atoms with Gasteiger partial charge in [0.25, 0.3) is 0 Å². The van der Waals surface area contributed by atoms with Gasteiger partial charge in [-0.05, 0) is 18.6 Å². The van der Waals surface area contributed by atoms with Crippen molar-refractivity contribution in [2.75, 3.05) is 0 Å². The lowest BCUT2D eigenvalue weighted by Gasteiger charge is -2.10. The summed E-state index contributed by atoms with van der Waals surface area (Å²) < 4.78 is 0. The van der Waals surface area contributed by atoms with Gasteiger partial charge in [-0.3, -0.25) is 9.78 Å². The van der Waals surface area contributed by atoms with Crippen LogP contribution in [-0.4, -0.2) is 28.0 Å². The van der Waals surface area contributed by atoms with E-state index in [0.717, 1.165) is 0 Å². The molecule has 0 saturated carbocycles. The van der Waals surface area contributed by atoms with Crippen LogP contribution in [0, 0.1) is 0 Å². The van der Waals surface area contributed by atoms with E-state index in [1.807, 2.05) is 0 Å². The molecule has 6 heteroatoms. The predicted octanol–water partition coefficient (Wildman–Crippen LogP) is 0.299. The molecule has 18 heavy (non-hydrogen) atoms. The minimum Gasteiger partial charge on any atom is -0.478 e. The summed E-state index contributed by atoms with van der Waals surface area (Å²) >= 11 is 0. The third-order valence-electron chi connectivity index (χ3n) is 2.26. The highest BCUT2D eigenvalue weighted by molar-refractivity contribution is 5.87. The van der Waals surface area contributed by atoms with Gasteiger partial charge in [-0.2, -0.15) is 0 Å². The lowest BCUT2D eigenvalue weighted by atomic mass is 10.2. The number of aromatic carboxylic acids is 1. The molecular formula is C12H15N3O3. The molecule has 0 aliphatic carbocycles. The van der Waals surface area contributed by atoms with Crippen LogP contribution in [0.2, 0.25) is 0 Å². The van der Waals surface area contributed by atoms with Crippen molar-refractivity contribution in [1.82, 2.24) is 10.3 Å². The number of nitrogens with two attached hydrogens (primary N) is 1. The maximum absolute atomic E-state index is 11.5. The number of hydrogen-bond donors (Lipinski definition) is 3. The summed E-state index contributed by atoms with van der Waals surface area (Å²) in [6, 6.07) is 2.14. The zero-order valence-electron chi connectivity index (χ0n) is 9.80. The van der Waals surface area contributed by atoms with E-state index in [2.05, 4.69) is 16.9 Å². The molecule has 1 aromatic rings. The Morgan fingerprint density at radius 2 is 2.33 bits per heavy atom. The molecule has 0 aromatic carbocycles. The second kappa shape index (κ2) is 6.51. The van der Waals surface area contributed by atoms with E-state index >= 15 is 0 Å². The zero-order valence-corrected chi connectivity index (χ0v) is 9.80. The summed E-state index contributed by atoms with van der Waals surface area (Å²) in [5.41, 5.74) is 6.17. The molecule has 0 aliphatic heterocycles. The molecule has 0 radical (unpaired) electrons. The number of amides is 1. The highest BCUT2D eigenvalue weighted by Gasteiger charge is 2.11. The van der Waals surface area contributed by atoms with Crippen molar-refractivity contribution >= 4 is 11.9 Å². The maximum atomic E-state index is 11.5. The number of rotatable bonds is 6. The second-order valence-electron chi connectivity index (χ2n) is 3.69. The van der Waals surface area contributed by atoms with Gasteiger partial charge >= 0.3 is 5.97 Å². The van der Waals surface area contributed by atoms with Crippen LogP contribution in [-0.2, 0) is 11.3 Å². The molecule has 1 atom stereocenters. The number of carboxylic acid groups (broad SMARTS) is 1. The second-order valence-corrected chi connectivity index (χ2v) is 3.69. The average molecular weight is 249 g/mol. The quantitative estimate of drug-likeness (QED) is 0.629. The summed E-state index contributed by atoms with van der Waals surface area (Å²) in [6.45, 7) is 3.64. The lowest BCUT2D eigenvalue weighted by Crippen LogP contribution is -2.39. The Morgan fingerprint density at radius 3 is 2.94 bits per heavy atom. The molecule has 0 fully saturated rings. The van der Waals surface area contributed by atoms with Crippen molar-refractivity contribution in [1.29, 1.82) is 0 Å². The van der Waals surface area contributed by atoms with Crippen molar-refractivity contribution in [3.05, 3.63) is 42.2 Å². The van der Waals surface area contributed by atoms with Crippen LogP contribution in [0.5, 0.6) is 0 Å². The molecule has 0 bridgehead atoms. The molecule has 4 N–H and O–H groups in total. The number of pyridine rings is 1. The van der Waals surface area contributed by atoms with Gasteiger partial charge in [-0.15, -0.1) is 6.58 Å². The Hall–Kier alpha value is -2.21. The van der Waals surface area contributed by atoms with Crippen molar-refractivity contribution in [2.24, 2.45) is 5.73 Å². The van der Waals surface area contributed by atoms with Gasteiger partial charge in [0.05, 0.1) is 23.8 Å². The van der Waals surface area contributed by atoms with Crippen molar-refractivity contribution < 1.29 is 14.7 Å². The number of carboxylic acids is 1. The number of nitrogens with one attached hydrogen (secondary N) is 1. The molecule has 1 aromatic heterocycles. The molecule has 1 unspecified atom stereocenters. The first-order valence-electron chi connectivity index (χ1n) is 5.37. The maximum Gasteiger partial charge on any atom is 0.335 e. The molecule has 1 heterocycles. The third kappa shape index (κ3) is 3.99. The topological polar surface area (TPSA) is 105 Å². The van der Waals surface area contributed by atoms with Crippen LogP contribution >= 0.6 is 0 Å². The molecule has 96 valence electrons. The SMILES string of the molecule is C=CCC(N)C(=O)NCc1cc(C(=O)O)ccn1. The van der Waals surface area contributed by atoms with Crippen LogP contribution < -0.4 is 11.1 Å². The highest BCUT2D eigenvalue weighted by atomic mass is 16.4. The van der Waals surface area contributed by atoms with Gasteiger partial charge in [0.15, 0.2) is 0 Å². The van der Waals surface area contributed by atoms with E-state index < -0.39 is 12.0 Å². The summed E-state index contributed by atoms with van der Waals surface area (Å²) in [6.07, 6.45) is 3.33. The van der Waals surface area contributed by atoms with Crippen molar-refractivity contribution in [3.8, 4) is 0 Å². The Morgan fingerprint density at radius 1 is 1.61 bits per heavy atom. The molecule has 0 aliphatic rings. The van der Waals surface area contributed by atoms with Crippen LogP contribution in [0.4, 0.5) is 0 Å². The Labute approximate surface area is 105 Å². The van der Waals surface area contributed by atoms with E-state index in [4.69, 9.17) is 10.8 Å². The molecular weight excluding hydrogens is 234 g/mol. The summed E-state index contributed by atoms with van der Waals surface area (Å²) in [4.78, 5) is 26.2. The van der Waals surface area contributed by atoms with E-state index in [9.17, 15) is 9.59 Å². The van der Waals surface area contributed by atoms with Gasteiger partial charge in [0.1, 0.15) is 0 Å². The fourth-order valence-corrected chi connectivity index (χ4v) is 1.30. The van der Waals surface area contributed by atoms with Crippen LogP contribution in [0.1, 0.15) is 22.5 Å². The summed E-state index contributed by atoms with van der Waals surface area (Å²) in [5.74, 6) is -1.36. The number of aromatic nitrogens is 1. The first-order valence-corrected chi connectivity index (χ1v) is 5.37. The van der Waals surface area contributed by atoms with Crippen LogP contribution in [0.15, 0.2) is 31.0 Å². The van der Waals surface area contributed by atoms with E-state index in [1.165, 1.54) is 18.3 Å². The first-order chi connectivity index (χ1) is 8.54. The minimum absolute atomic E-state index is 0.129. The number of carbonyl (C=O) groups is 2. The smallest absolute Gasteiger partial charge is 0.335 e. The monoisotopic (exact) mass is 249 g/mol. The fraction of sp³-hybridized carbons (Fsp3) is 0.250. The summed E-state index contributed by atoms with van der Waals surface area (Å²) in [7, 11) is 0. The van der Waals surface area contributed by atoms with Gasteiger partial charge in [-0.1, -0.05) is 6.08 Å². The van der Waals surface area contributed by atoms with Gasteiger partial charge < -0.3 is 16.2 Å². The van der Waals surface area contributed by atoms with Crippen LogP contribution in [0.3, 0.4) is 0 Å². The number of carbonyl (C=O) groups excluding carboxylic acids is 1. The average Bonchev–Trinajstić information content (AvgIpc) is 2.36. The zero-order chi connectivity index (χ0) is 13.5. The normalized spacial score (nSPS) is 11.6. The lowest BCUT2D eigenvalue weighted by molar-refractivity contribution is -0.122. The molecule has 0 spiro atoms. The summed E-state index contributed by atoms with van der Waals surface area (Å²) in [5, 5.41) is 11.4. The highest BCUT2D eigenvalue weighted by Crippen LogP contribution is 2.01. The van der Waals surface area contributed by atoms with Gasteiger partial charge in [0, 0.05) is 6.20 Å². The van der Waals surface area contributed by atoms with Gasteiger partial charge in [0.2, 0.25) is 5.91 Å². The molecule has 1 rings (SSSR count). The van der Waals surface area contributed by atoms with E-state index in [-0.39, 0.29) is 18.0 Å². The third-order valence-corrected chi connectivity index (χ3v) is 2.26. The molecule has 1 amide bonds. The van der Waals surface area contributed by atoms with Crippen molar-refractivity contribution in [2.45, 2.75) is 19.0 Å². The molecule has 0 saturated heterocycles. The fourth-order valence-electron chi connectivity index (χ4n) is 1.30.